The Hall–Kier alpha value is -2.11. The normalized spacial score (nSPS) is 12.5. The highest BCUT2D eigenvalue weighted by molar-refractivity contribution is 7.89. The van der Waals surface area contributed by atoms with E-state index in [2.05, 4.69) is 0 Å². The number of esters is 1. The lowest BCUT2D eigenvalue weighted by Crippen LogP contribution is -2.34. The minimum absolute atomic E-state index is 0.0880. The third-order valence-corrected chi connectivity index (χ3v) is 5.01. The maximum absolute atomic E-state index is 12.6. The monoisotopic (exact) mass is 326 g/mol. The van der Waals surface area contributed by atoms with Gasteiger partial charge in [-0.15, -0.1) is 0 Å². The number of carbonyl (C=O) groups is 1. The van der Waals surface area contributed by atoms with Crippen LogP contribution in [0.25, 0.3) is 0 Å². The van der Waals surface area contributed by atoms with Crippen molar-refractivity contribution in [1.82, 2.24) is 4.31 Å². The molecule has 0 saturated heterocycles. The van der Waals surface area contributed by atoms with Crippen LogP contribution in [0.4, 0.5) is 0 Å². The number of hydrogen-bond acceptors (Lipinski definition) is 6. The molecule has 0 spiro atoms. The summed E-state index contributed by atoms with van der Waals surface area (Å²) in [5, 5.41) is 8.89. The predicted molar refractivity (Wildman–Crippen MR) is 79.0 cm³/mol. The van der Waals surface area contributed by atoms with Crippen LogP contribution in [-0.2, 0) is 14.8 Å². The molecule has 0 aliphatic rings. The summed E-state index contributed by atoms with van der Waals surface area (Å²) in [5.41, 5.74) is 0.0965. The Labute approximate surface area is 130 Å². The van der Waals surface area contributed by atoms with E-state index in [-0.39, 0.29) is 22.8 Å². The molecule has 0 fully saturated rings. The van der Waals surface area contributed by atoms with Crippen LogP contribution in [-0.4, -0.2) is 45.5 Å². The minimum atomic E-state index is -3.99. The maximum Gasteiger partial charge on any atom is 0.338 e. The van der Waals surface area contributed by atoms with Crippen LogP contribution in [0.2, 0.25) is 0 Å². The van der Waals surface area contributed by atoms with E-state index in [1.807, 2.05) is 6.07 Å². The minimum Gasteiger partial charge on any atom is -0.495 e. The van der Waals surface area contributed by atoms with Crippen LogP contribution in [0, 0.1) is 11.3 Å². The van der Waals surface area contributed by atoms with Gasteiger partial charge in [0, 0.05) is 7.05 Å². The molecule has 0 aliphatic heterocycles. The SMILES string of the molecule is CCOC(=O)c1ccc(OC)c(S(=O)(=O)N(C)[C@@H](C)C#N)c1. The van der Waals surface area contributed by atoms with E-state index in [1.54, 1.807) is 6.92 Å². The predicted octanol–water partition coefficient (Wildman–Crippen LogP) is 1.40. The lowest BCUT2D eigenvalue weighted by molar-refractivity contribution is 0.0526. The zero-order valence-corrected chi connectivity index (χ0v) is 13.7. The van der Waals surface area contributed by atoms with Gasteiger partial charge in [-0.05, 0) is 32.0 Å². The Morgan fingerprint density at radius 2 is 2.09 bits per heavy atom. The molecule has 1 atom stereocenters. The first kappa shape index (κ1) is 17.9. The number of nitrogens with zero attached hydrogens (tertiary/aromatic N) is 2. The second kappa shape index (κ2) is 7.24. The maximum atomic E-state index is 12.6. The number of rotatable bonds is 6. The number of nitriles is 1. The number of benzene rings is 1. The van der Waals surface area contributed by atoms with Gasteiger partial charge in [0.2, 0.25) is 10.0 Å². The lowest BCUT2D eigenvalue weighted by atomic mass is 10.2. The molecule has 1 aromatic carbocycles. The molecular weight excluding hydrogens is 308 g/mol. The summed E-state index contributed by atoms with van der Waals surface area (Å²) in [5.74, 6) is -0.539. The van der Waals surface area contributed by atoms with E-state index in [9.17, 15) is 13.2 Å². The van der Waals surface area contributed by atoms with E-state index in [1.165, 1.54) is 39.3 Å². The molecule has 8 heteroatoms. The Kier molecular flexibility index (Phi) is 5.91. The number of methoxy groups -OCH3 is 1. The van der Waals surface area contributed by atoms with Crippen molar-refractivity contribution < 1.29 is 22.7 Å². The first-order chi connectivity index (χ1) is 10.3. The number of ether oxygens (including phenoxy) is 2. The van der Waals surface area contributed by atoms with Crippen molar-refractivity contribution >= 4 is 16.0 Å². The van der Waals surface area contributed by atoms with Crippen molar-refractivity contribution in [3.63, 3.8) is 0 Å². The average molecular weight is 326 g/mol. The Bertz CT molecular complexity index is 694. The molecule has 0 unspecified atom stereocenters. The highest BCUT2D eigenvalue weighted by Crippen LogP contribution is 2.28. The molecule has 0 bridgehead atoms. The highest BCUT2D eigenvalue weighted by Gasteiger charge is 2.29. The van der Waals surface area contributed by atoms with Crippen LogP contribution in [0.3, 0.4) is 0 Å². The van der Waals surface area contributed by atoms with Crippen molar-refractivity contribution in [3.8, 4) is 11.8 Å². The molecule has 120 valence electrons. The average Bonchev–Trinajstić information content (AvgIpc) is 2.52. The third-order valence-electron chi connectivity index (χ3n) is 3.06. The fourth-order valence-electron chi connectivity index (χ4n) is 1.66. The number of carbonyl (C=O) groups excluding carboxylic acids is 1. The van der Waals surface area contributed by atoms with Gasteiger partial charge < -0.3 is 9.47 Å². The molecular formula is C14H18N2O5S. The summed E-state index contributed by atoms with van der Waals surface area (Å²) in [7, 11) is -1.37. The van der Waals surface area contributed by atoms with Crippen molar-refractivity contribution in [2.75, 3.05) is 20.8 Å². The fourth-order valence-corrected chi connectivity index (χ4v) is 3.12. The largest absolute Gasteiger partial charge is 0.495 e. The van der Waals surface area contributed by atoms with Gasteiger partial charge in [-0.3, -0.25) is 0 Å². The first-order valence-corrected chi connectivity index (χ1v) is 7.96. The molecule has 22 heavy (non-hydrogen) atoms. The van der Waals surface area contributed by atoms with E-state index in [0.29, 0.717) is 0 Å². The van der Waals surface area contributed by atoms with Crippen molar-refractivity contribution in [3.05, 3.63) is 23.8 Å². The van der Waals surface area contributed by atoms with E-state index in [0.717, 1.165) is 4.31 Å². The van der Waals surface area contributed by atoms with Gasteiger partial charge in [-0.1, -0.05) is 0 Å². The molecule has 0 aromatic heterocycles. The van der Waals surface area contributed by atoms with Crippen molar-refractivity contribution in [1.29, 1.82) is 5.26 Å². The van der Waals surface area contributed by atoms with E-state index in [4.69, 9.17) is 14.7 Å². The first-order valence-electron chi connectivity index (χ1n) is 6.52. The molecule has 1 aromatic rings. The Morgan fingerprint density at radius 1 is 1.45 bits per heavy atom. The standard InChI is InChI=1S/C14H18N2O5S/c1-5-21-14(17)11-6-7-12(20-4)13(8-11)22(18,19)16(3)10(2)9-15/h6-8,10H,5H2,1-4H3/t10-/m0/s1. The molecule has 0 aliphatic carbocycles. The zero-order valence-electron chi connectivity index (χ0n) is 12.9. The van der Waals surface area contributed by atoms with E-state index >= 15 is 0 Å². The number of sulfonamides is 1. The molecule has 0 radical (unpaired) electrons. The molecule has 0 N–H and O–H groups in total. The summed E-state index contributed by atoms with van der Waals surface area (Å²) in [6.07, 6.45) is 0. The van der Waals surface area contributed by atoms with Crippen LogP contribution >= 0.6 is 0 Å². The van der Waals surface area contributed by atoms with Crippen molar-refractivity contribution in [2.24, 2.45) is 0 Å². The van der Waals surface area contributed by atoms with Crippen LogP contribution in [0.15, 0.2) is 23.1 Å². The molecule has 7 nitrogen and oxygen atoms in total. The van der Waals surface area contributed by atoms with Gasteiger partial charge >= 0.3 is 5.97 Å². The topological polar surface area (TPSA) is 96.7 Å². The molecule has 0 saturated carbocycles. The van der Waals surface area contributed by atoms with Gasteiger partial charge in [-0.2, -0.15) is 9.57 Å². The van der Waals surface area contributed by atoms with Gasteiger partial charge in [0.05, 0.1) is 25.3 Å². The summed E-state index contributed by atoms with van der Waals surface area (Å²) >= 11 is 0. The van der Waals surface area contributed by atoms with Gasteiger partial charge in [-0.25, -0.2) is 13.2 Å². The van der Waals surface area contributed by atoms with Crippen LogP contribution in [0.5, 0.6) is 5.75 Å². The van der Waals surface area contributed by atoms with E-state index < -0.39 is 22.0 Å². The second-order valence-electron chi connectivity index (χ2n) is 4.41. The van der Waals surface area contributed by atoms with Crippen LogP contribution in [0.1, 0.15) is 24.2 Å². The van der Waals surface area contributed by atoms with Crippen molar-refractivity contribution in [2.45, 2.75) is 24.8 Å². The summed E-state index contributed by atoms with van der Waals surface area (Å²) in [4.78, 5) is 11.6. The van der Waals surface area contributed by atoms with Gasteiger partial charge in [0.1, 0.15) is 16.7 Å². The Balaban J connectivity index is 3.41. The third kappa shape index (κ3) is 3.55. The zero-order chi connectivity index (χ0) is 16.9. The molecule has 0 amide bonds. The molecule has 0 heterocycles. The summed E-state index contributed by atoms with van der Waals surface area (Å²) in [6.45, 7) is 3.29. The van der Waals surface area contributed by atoms with Gasteiger partial charge in [0.25, 0.3) is 0 Å². The lowest BCUT2D eigenvalue weighted by Gasteiger charge is -2.20. The smallest absolute Gasteiger partial charge is 0.338 e. The quantitative estimate of drug-likeness (QED) is 0.733. The molecule has 1 rings (SSSR count). The van der Waals surface area contributed by atoms with Crippen LogP contribution < -0.4 is 4.74 Å². The summed E-state index contributed by atoms with van der Waals surface area (Å²) in [6, 6.07) is 4.98. The summed E-state index contributed by atoms with van der Waals surface area (Å²) < 4.78 is 36.0. The number of hydrogen-bond donors (Lipinski definition) is 0. The Morgan fingerprint density at radius 3 is 2.59 bits per heavy atom. The van der Waals surface area contributed by atoms with Gasteiger partial charge in [0.15, 0.2) is 0 Å². The fraction of sp³-hybridized carbons (Fsp3) is 0.429. The highest BCUT2D eigenvalue weighted by atomic mass is 32.2. The second-order valence-corrected chi connectivity index (χ2v) is 6.38.